The Kier molecular flexibility index (Phi) is 15.4. The van der Waals surface area contributed by atoms with Crippen LogP contribution in [0.15, 0.2) is 60.8 Å². The summed E-state index contributed by atoms with van der Waals surface area (Å²) in [6, 6.07) is 17.8. The van der Waals surface area contributed by atoms with Gasteiger partial charge in [-0.15, -0.1) is 62.0 Å². The van der Waals surface area contributed by atoms with Crippen LogP contribution in [0.25, 0.3) is 11.3 Å². The molecule has 2 heterocycles. The first-order chi connectivity index (χ1) is 12.8. The van der Waals surface area contributed by atoms with Gasteiger partial charge in [0.25, 0.3) is 0 Å². The minimum Gasteiger partial charge on any atom is -0.399 e. The largest absolute Gasteiger partial charge is 0.399 e. The van der Waals surface area contributed by atoms with Gasteiger partial charge in [-0.05, 0) is 42.5 Å². The summed E-state index contributed by atoms with van der Waals surface area (Å²) in [4.78, 5) is 11.2. The maximum absolute atomic E-state index is 5.75. The third-order valence-electron chi connectivity index (χ3n) is 4.36. The third kappa shape index (κ3) is 8.41. The first kappa shape index (κ1) is 31.5. The second-order valence-electron chi connectivity index (χ2n) is 6.16. The summed E-state index contributed by atoms with van der Waals surface area (Å²) < 4.78 is 5.40. The maximum atomic E-state index is 5.75. The molecule has 31 heavy (non-hydrogen) atoms. The molecule has 1 fully saturated rings. The summed E-state index contributed by atoms with van der Waals surface area (Å²) in [5, 5.41) is 3.27. The Morgan fingerprint density at radius 3 is 2.03 bits per heavy atom. The minimum absolute atomic E-state index is 0. The van der Waals surface area contributed by atoms with E-state index in [2.05, 4.69) is 32.3 Å². The predicted octanol–water partition coefficient (Wildman–Crippen LogP) is 5.42. The molecule has 0 radical (unpaired) electrons. The Hall–Kier alpha value is -1.67. The van der Waals surface area contributed by atoms with E-state index in [0.717, 1.165) is 48.9 Å². The zero-order chi connectivity index (χ0) is 17.8. The molecule has 1 aliphatic rings. The molecule has 1 saturated heterocycles. The topological polar surface area (TPSA) is 76.3 Å². The molecule has 172 valence electrons. The second-order valence-corrected chi connectivity index (χ2v) is 6.16. The van der Waals surface area contributed by atoms with E-state index in [0.29, 0.717) is 5.95 Å². The minimum atomic E-state index is 0. The molecule has 0 saturated carbocycles. The number of aromatic nitrogens is 2. The van der Waals surface area contributed by atoms with Crippen molar-refractivity contribution in [2.75, 3.05) is 42.3 Å². The molecule has 3 N–H and O–H groups in total. The summed E-state index contributed by atoms with van der Waals surface area (Å²) in [6.45, 7) is 3.43. The van der Waals surface area contributed by atoms with Crippen LogP contribution in [-0.2, 0) is 4.74 Å². The Morgan fingerprint density at radius 2 is 1.42 bits per heavy atom. The standard InChI is InChI=1S/C20H21N5O.5ClH/c21-16-3-1-15(2-4-16)19-9-10-22-20(24-19)23-17-5-7-18(8-6-17)25-11-13-26-14-12-25;;;;;/h1-10H,11-14,21H2,(H,22,23,24);5*1H. The molecule has 0 amide bonds. The highest BCUT2D eigenvalue weighted by Gasteiger charge is 2.11. The molecule has 2 aromatic carbocycles. The summed E-state index contributed by atoms with van der Waals surface area (Å²) in [5.74, 6) is 0.568. The van der Waals surface area contributed by atoms with Crippen molar-refractivity contribution in [3.63, 3.8) is 0 Å². The molecular formula is C20H26Cl5N5O. The number of ether oxygens (including phenoxy) is 1. The molecular weight excluding hydrogens is 504 g/mol. The van der Waals surface area contributed by atoms with Gasteiger partial charge < -0.3 is 20.7 Å². The first-order valence-electron chi connectivity index (χ1n) is 8.67. The van der Waals surface area contributed by atoms with E-state index in [1.54, 1.807) is 6.20 Å². The van der Waals surface area contributed by atoms with Gasteiger partial charge in [0.1, 0.15) is 0 Å². The molecule has 0 unspecified atom stereocenters. The van der Waals surface area contributed by atoms with Crippen molar-refractivity contribution in [3.8, 4) is 11.3 Å². The van der Waals surface area contributed by atoms with E-state index in [-0.39, 0.29) is 62.0 Å². The zero-order valence-corrected chi connectivity index (χ0v) is 20.6. The molecule has 11 heteroatoms. The van der Waals surface area contributed by atoms with E-state index >= 15 is 0 Å². The Labute approximate surface area is 213 Å². The van der Waals surface area contributed by atoms with Crippen molar-refractivity contribution in [3.05, 3.63) is 60.8 Å². The lowest BCUT2D eigenvalue weighted by molar-refractivity contribution is 0.122. The molecule has 1 aromatic heterocycles. The average molecular weight is 530 g/mol. The van der Waals surface area contributed by atoms with Crippen LogP contribution in [-0.4, -0.2) is 36.3 Å². The van der Waals surface area contributed by atoms with Gasteiger partial charge in [-0.25, -0.2) is 9.97 Å². The number of halogens is 5. The fourth-order valence-corrected chi connectivity index (χ4v) is 2.94. The molecule has 0 aliphatic carbocycles. The number of nitrogen functional groups attached to an aromatic ring is 1. The fourth-order valence-electron chi connectivity index (χ4n) is 2.94. The zero-order valence-electron chi connectivity index (χ0n) is 16.5. The highest BCUT2D eigenvalue weighted by Crippen LogP contribution is 2.23. The van der Waals surface area contributed by atoms with Crippen LogP contribution >= 0.6 is 62.0 Å². The van der Waals surface area contributed by atoms with Crippen LogP contribution < -0.4 is 16.0 Å². The lowest BCUT2D eigenvalue weighted by Crippen LogP contribution is -2.36. The highest BCUT2D eigenvalue weighted by molar-refractivity contribution is 5.86. The Balaban J connectivity index is 0. The van der Waals surface area contributed by atoms with E-state index in [9.17, 15) is 0 Å². The smallest absolute Gasteiger partial charge is 0.227 e. The number of nitrogens with zero attached hydrogens (tertiary/aromatic N) is 3. The second kappa shape index (κ2) is 15.2. The number of hydrogen-bond donors (Lipinski definition) is 2. The molecule has 3 aromatic rings. The van der Waals surface area contributed by atoms with E-state index in [1.807, 2.05) is 42.5 Å². The van der Waals surface area contributed by atoms with Gasteiger partial charge in [-0.2, -0.15) is 0 Å². The number of benzene rings is 2. The summed E-state index contributed by atoms with van der Waals surface area (Å²) >= 11 is 0. The van der Waals surface area contributed by atoms with Gasteiger partial charge in [0.2, 0.25) is 5.95 Å². The summed E-state index contributed by atoms with van der Waals surface area (Å²) in [6.07, 6.45) is 1.75. The highest BCUT2D eigenvalue weighted by atomic mass is 35.5. The predicted molar refractivity (Wildman–Crippen MR) is 141 cm³/mol. The normalized spacial score (nSPS) is 11.9. The van der Waals surface area contributed by atoms with Crippen molar-refractivity contribution in [2.45, 2.75) is 0 Å². The first-order valence-corrected chi connectivity index (χ1v) is 8.67. The van der Waals surface area contributed by atoms with Gasteiger partial charge in [-0.3, -0.25) is 0 Å². The molecule has 0 bridgehead atoms. The van der Waals surface area contributed by atoms with Gasteiger partial charge in [0.05, 0.1) is 18.9 Å². The monoisotopic (exact) mass is 527 g/mol. The van der Waals surface area contributed by atoms with Crippen molar-refractivity contribution in [1.82, 2.24) is 9.97 Å². The number of anilines is 4. The third-order valence-corrected chi connectivity index (χ3v) is 4.36. The number of hydrogen-bond acceptors (Lipinski definition) is 6. The van der Waals surface area contributed by atoms with E-state index < -0.39 is 0 Å². The van der Waals surface area contributed by atoms with Crippen LogP contribution in [0.2, 0.25) is 0 Å². The number of rotatable bonds is 4. The van der Waals surface area contributed by atoms with Gasteiger partial charge in [0, 0.05) is 41.9 Å². The van der Waals surface area contributed by atoms with Crippen LogP contribution in [0.1, 0.15) is 0 Å². The SMILES string of the molecule is Cl.Cl.Cl.Cl.Cl.Nc1ccc(-c2ccnc(Nc3ccc(N4CCOCC4)cc3)n2)cc1. The maximum Gasteiger partial charge on any atom is 0.227 e. The van der Waals surface area contributed by atoms with E-state index in [4.69, 9.17) is 10.5 Å². The van der Waals surface area contributed by atoms with Crippen LogP contribution in [0, 0.1) is 0 Å². The van der Waals surface area contributed by atoms with Crippen LogP contribution in [0.3, 0.4) is 0 Å². The lowest BCUT2D eigenvalue weighted by atomic mass is 10.1. The molecule has 4 rings (SSSR count). The average Bonchev–Trinajstić information content (AvgIpc) is 2.70. The number of nitrogens with two attached hydrogens (primary N) is 1. The van der Waals surface area contributed by atoms with Crippen molar-refractivity contribution < 1.29 is 4.74 Å². The van der Waals surface area contributed by atoms with Gasteiger partial charge >= 0.3 is 0 Å². The van der Waals surface area contributed by atoms with Crippen LogP contribution in [0.5, 0.6) is 0 Å². The van der Waals surface area contributed by atoms with E-state index in [1.165, 1.54) is 5.69 Å². The molecule has 0 spiro atoms. The Bertz CT molecular complexity index is 878. The number of nitrogens with one attached hydrogen (secondary N) is 1. The summed E-state index contributed by atoms with van der Waals surface area (Å²) in [7, 11) is 0. The molecule has 1 aliphatic heterocycles. The quantitative estimate of drug-likeness (QED) is 0.440. The fraction of sp³-hybridized carbons (Fsp3) is 0.200. The molecule has 6 nitrogen and oxygen atoms in total. The molecule has 0 atom stereocenters. The Morgan fingerprint density at radius 1 is 0.806 bits per heavy atom. The lowest BCUT2D eigenvalue weighted by Gasteiger charge is -2.28. The van der Waals surface area contributed by atoms with Crippen molar-refractivity contribution in [1.29, 1.82) is 0 Å². The van der Waals surface area contributed by atoms with Crippen molar-refractivity contribution >= 4 is 85.0 Å². The van der Waals surface area contributed by atoms with Gasteiger partial charge in [-0.1, -0.05) is 12.1 Å². The number of morpholine rings is 1. The van der Waals surface area contributed by atoms with Gasteiger partial charge in [0.15, 0.2) is 0 Å². The summed E-state index contributed by atoms with van der Waals surface area (Å²) in [5.41, 5.74) is 10.5. The van der Waals surface area contributed by atoms with Crippen LogP contribution in [0.4, 0.5) is 23.0 Å². The van der Waals surface area contributed by atoms with Crippen molar-refractivity contribution in [2.24, 2.45) is 0 Å².